The van der Waals surface area contributed by atoms with Crippen LogP contribution in [0.4, 0.5) is 0 Å². The molecule has 44 valence electrons. The van der Waals surface area contributed by atoms with Crippen molar-refractivity contribution in [3.05, 3.63) is 29.8 Å². The number of hydrogen-bond donors (Lipinski definition) is 0. The summed E-state index contributed by atoms with van der Waals surface area (Å²) in [6.45, 7) is 2.02. The van der Waals surface area contributed by atoms with Crippen molar-refractivity contribution in [3.63, 3.8) is 0 Å². The Morgan fingerprint density at radius 3 is 2.11 bits per heavy atom. The number of rotatable bonds is 0. The molecule has 0 bridgehead atoms. The Kier molecular flexibility index (Phi) is 4.00. The SMILES string of the molecule is Cc1ccccc1[S-].[Zn]. The van der Waals surface area contributed by atoms with Gasteiger partial charge < -0.3 is 12.6 Å². The van der Waals surface area contributed by atoms with Crippen molar-refractivity contribution in [1.82, 2.24) is 0 Å². The van der Waals surface area contributed by atoms with Crippen LogP contribution in [0.3, 0.4) is 0 Å². The first-order valence-electron chi connectivity index (χ1n) is 2.53. The van der Waals surface area contributed by atoms with Gasteiger partial charge in [0.1, 0.15) is 0 Å². The van der Waals surface area contributed by atoms with Gasteiger partial charge in [0, 0.05) is 19.5 Å². The van der Waals surface area contributed by atoms with Gasteiger partial charge in [0.25, 0.3) is 0 Å². The normalized spacial score (nSPS) is 8.11. The van der Waals surface area contributed by atoms with E-state index in [1.807, 2.05) is 31.2 Å². The van der Waals surface area contributed by atoms with Crippen LogP contribution in [0.2, 0.25) is 0 Å². The van der Waals surface area contributed by atoms with E-state index in [2.05, 4.69) is 0 Å². The third kappa shape index (κ3) is 2.42. The molecule has 0 saturated heterocycles. The Bertz CT molecular complexity index is 165. The Balaban J connectivity index is 0.000000640. The maximum absolute atomic E-state index is 4.95. The van der Waals surface area contributed by atoms with E-state index in [1.165, 1.54) is 5.56 Å². The van der Waals surface area contributed by atoms with Gasteiger partial charge in [-0.1, -0.05) is 29.8 Å². The largest absolute Gasteiger partial charge is 0.779 e. The molecule has 9 heavy (non-hydrogen) atoms. The maximum Gasteiger partial charge on any atom is 0 e. The van der Waals surface area contributed by atoms with E-state index in [4.69, 9.17) is 12.6 Å². The van der Waals surface area contributed by atoms with Crippen LogP contribution in [-0.2, 0) is 32.1 Å². The molecule has 0 aliphatic heterocycles. The average Bonchev–Trinajstić information content (AvgIpc) is 1.77. The van der Waals surface area contributed by atoms with Gasteiger partial charge in [0.2, 0.25) is 0 Å². The van der Waals surface area contributed by atoms with E-state index < -0.39 is 0 Å². The quantitative estimate of drug-likeness (QED) is 0.443. The molecule has 0 unspecified atom stereocenters. The van der Waals surface area contributed by atoms with Crippen LogP contribution in [-0.4, -0.2) is 0 Å². The van der Waals surface area contributed by atoms with E-state index in [9.17, 15) is 0 Å². The topological polar surface area (TPSA) is 0 Å². The third-order valence-corrected chi connectivity index (χ3v) is 1.55. The molecule has 0 atom stereocenters. The molecule has 1 aromatic rings. The van der Waals surface area contributed by atoms with Crippen molar-refractivity contribution < 1.29 is 19.5 Å². The van der Waals surface area contributed by atoms with E-state index in [1.54, 1.807) is 0 Å². The molecule has 0 amide bonds. The number of hydrogen-bond acceptors (Lipinski definition) is 1. The van der Waals surface area contributed by atoms with Gasteiger partial charge in [-0.25, -0.2) is 0 Å². The van der Waals surface area contributed by atoms with Crippen molar-refractivity contribution in [2.45, 2.75) is 11.8 Å². The Labute approximate surface area is 73.8 Å². The van der Waals surface area contributed by atoms with Crippen molar-refractivity contribution in [2.24, 2.45) is 0 Å². The van der Waals surface area contributed by atoms with Gasteiger partial charge >= 0.3 is 0 Å². The summed E-state index contributed by atoms with van der Waals surface area (Å²) >= 11 is 4.95. The van der Waals surface area contributed by atoms with Crippen molar-refractivity contribution in [1.29, 1.82) is 0 Å². The standard InChI is InChI=1S/C7H8S.Zn/c1-6-4-2-3-5-7(6)8;/h2-5,8H,1H3;/p-1. The first kappa shape index (κ1) is 9.06. The molecule has 1 rings (SSSR count). The molecule has 0 fully saturated rings. The molecule has 0 saturated carbocycles. The smallest absolute Gasteiger partial charge is 0 e. The van der Waals surface area contributed by atoms with Crippen LogP contribution < -0.4 is 0 Å². The summed E-state index contributed by atoms with van der Waals surface area (Å²) in [6.07, 6.45) is 0. The third-order valence-electron chi connectivity index (χ3n) is 1.09. The monoisotopic (exact) mass is 187 g/mol. The number of benzene rings is 1. The van der Waals surface area contributed by atoms with E-state index >= 15 is 0 Å². The van der Waals surface area contributed by atoms with Gasteiger partial charge in [-0.05, 0) is 6.92 Å². The summed E-state index contributed by atoms with van der Waals surface area (Å²) < 4.78 is 0. The van der Waals surface area contributed by atoms with Crippen molar-refractivity contribution in [3.8, 4) is 0 Å². The summed E-state index contributed by atoms with van der Waals surface area (Å²) in [7, 11) is 0. The van der Waals surface area contributed by atoms with Crippen LogP contribution in [0.5, 0.6) is 0 Å². The molecule has 0 radical (unpaired) electrons. The first-order chi connectivity index (χ1) is 3.80. The Morgan fingerprint density at radius 2 is 1.78 bits per heavy atom. The molecule has 0 heterocycles. The summed E-state index contributed by atoms with van der Waals surface area (Å²) in [5, 5.41) is 0. The molecule has 1 aromatic carbocycles. The second kappa shape index (κ2) is 3.97. The van der Waals surface area contributed by atoms with Gasteiger partial charge in [-0.3, -0.25) is 0 Å². The summed E-state index contributed by atoms with van der Waals surface area (Å²) in [5.74, 6) is 0. The maximum atomic E-state index is 4.95. The minimum Gasteiger partial charge on any atom is -0.779 e. The molecule has 2 heteroatoms. The van der Waals surface area contributed by atoms with E-state index in [0.29, 0.717) is 0 Å². The van der Waals surface area contributed by atoms with Crippen LogP contribution >= 0.6 is 0 Å². The van der Waals surface area contributed by atoms with Gasteiger partial charge in [-0.2, -0.15) is 4.90 Å². The Morgan fingerprint density at radius 1 is 1.22 bits per heavy atom. The molecule has 0 N–H and O–H groups in total. The van der Waals surface area contributed by atoms with E-state index in [0.717, 1.165) is 4.90 Å². The fourth-order valence-electron chi connectivity index (χ4n) is 0.556. The zero-order valence-electron chi connectivity index (χ0n) is 5.42. The Hall–Kier alpha value is 0.0634. The molecule has 0 aliphatic rings. The summed E-state index contributed by atoms with van der Waals surface area (Å²) in [6, 6.07) is 7.90. The van der Waals surface area contributed by atoms with Gasteiger partial charge in [0.15, 0.2) is 0 Å². The van der Waals surface area contributed by atoms with Crippen LogP contribution in [0.1, 0.15) is 5.56 Å². The molecule has 0 nitrogen and oxygen atoms in total. The second-order valence-corrected chi connectivity index (χ2v) is 2.21. The molecular formula is C7H7SZn-. The second-order valence-electron chi connectivity index (χ2n) is 1.77. The molecule has 0 spiro atoms. The zero-order valence-corrected chi connectivity index (χ0v) is 9.21. The predicted molar refractivity (Wildman–Crippen MR) is 36.8 cm³/mol. The summed E-state index contributed by atoms with van der Waals surface area (Å²) in [4.78, 5) is 0.951. The minimum atomic E-state index is 0. The first-order valence-corrected chi connectivity index (χ1v) is 2.94. The van der Waals surface area contributed by atoms with Crippen molar-refractivity contribution in [2.75, 3.05) is 0 Å². The fraction of sp³-hybridized carbons (Fsp3) is 0.143. The van der Waals surface area contributed by atoms with Crippen LogP contribution in [0.15, 0.2) is 29.2 Å². The zero-order chi connectivity index (χ0) is 5.98. The van der Waals surface area contributed by atoms with E-state index in [-0.39, 0.29) is 19.5 Å². The van der Waals surface area contributed by atoms with Crippen LogP contribution in [0.25, 0.3) is 0 Å². The minimum absolute atomic E-state index is 0. The average molecular weight is 189 g/mol. The summed E-state index contributed by atoms with van der Waals surface area (Å²) in [5.41, 5.74) is 1.18. The fourth-order valence-corrected chi connectivity index (χ4v) is 0.703. The molecule has 0 aromatic heterocycles. The molecular weight excluding hydrogens is 182 g/mol. The van der Waals surface area contributed by atoms with Gasteiger partial charge in [0.05, 0.1) is 0 Å². The molecule has 0 aliphatic carbocycles. The van der Waals surface area contributed by atoms with Crippen molar-refractivity contribution >= 4 is 12.6 Å². The number of aryl methyl sites for hydroxylation is 1. The predicted octanol–water partition coefficient (Wildman–Crippen LogP) is 1.90. The van der Waals surface area contributed by atoms with Gasteiger partial charge in [-0.15, -0.1) is 0 Å². The van der Waals surface area contributed by atoms with Crippen LogP contribution in [0, 0.1) is 6.92 Å².